The molecular weight excluding hydrogens is 492 g/mol. The number of ether oxygens (including phenoxy) is 3. The van der Waals surface area contributed by atoms with Crippen molar-refractivity contribution >= 4 is 16.9 Å². The molecule has 1 aliphatic rings. The molecule has 0 radical (unpaired) electrons. The van der Waals surface area contributed by atoms with Crippen molar-refractivity contribution in [3.63, 3.8) is 0 Å². The lowest BCUT2D eigenvalue weighted by atomic mass is 9.83. The van der Waals surface area contributed by atoms with E-state index in [1.807, 2.05) is 57.2 Å². The van der Waals surface area contributed by atoms with Gasteiger partial charge >= 0.3 is 5.97 Å². The van der Waals surface area contributed by atoms with Gasteiger partial charge in [0.2, 0.25) is 11.6 Å². The molecule has 0 saturated carbocycles. The monoisotopic (exact) mass is 522 g/mol. The molecule has 5 rings (SSSR count). The Bertz CT molecular complexity index is 1640. The Hall–Kier alpha value is -4.70. The minimum absolute atomic E-state index is 0.0146. The van der Waals surface area contributed by atoms with E-state index < -0.39 is 11.9 Å². The summed E-state index contributed by atoms with van der Waals surface area (Å²) in [5.41, 5.74) is 11.6. The molecule has 0 bridgehead atoms. The maximum absolute atomic E-state index is 13.1. The van der Waals surface area contributed by atoms with Gasteiger partial charge in [-0.15, -0.1) is 0 Å². The molecule has 7 heteroatoms. The Morgan fingerprint density at radius 3 is 2.49 bits per heavy atom. The summed E-state index contributed by atoms with van der Waals surface area (Å²) in [7, 11) is 0. The molecule has 1 atom stereocenters. The molecule has 0 spiro atoms. The number of fused-ring (bicyclic) bond motifs is 2. The molecule has 0 amide bonds. The van der Waals surface area contributed by atoms with E-state index in [9.17, 15) is 10.1 Å². The third kappa shape index (κ3) is 4.82. The first kappa shape index (κ1) is 25.9. The topological polar surface area (TPSA) is 108 Å². The Morgan fingerprint density at radius 2 is 1.77 bits per heavy atom. The molecule has 3 aromatic carbocycles. The number of esters is 1. The van der Waals surface area contributed by atoms with Gasteiger partial charge in [0.1, 0.15) is 34.5 Å². The van der Waals surface area contributed by atoms with Crippen molar-refractivity contribution in [2.75, 3.05) is 6.61 Å². The summed E-state index contributed by atoms with van der Waals surface area (Å²) < 4.78 is 23.2. The number of aryl methyl sites for hydroxylation is 3. The van der Waals surface area contributed by atoms with E-state index in [0.717, 1.165) is 51.8 Å². The highest BCUT2D eigenvalue weighted by molar-refractivity contribution is 5.98. The molecule has 39 heavy (non-hydrogen) atoms. The predicted octanol–water partition coefficient (Wildman–Crippen LogP) is 6.97. The van der Waals surface area contributed by atoms with E-state index in [0.29, 0.717) is 23.5 Å². The minimum atomic E-state index is -0.604. The second kappa shape index (κ2) is 10.6. The Balaban J connectivity index is 1.43. The Morgan fingerprint density at radius 1 is 1.03 bits per heavy atom. The molecule has 1 aromatic heterocycles. The predicted molar refractivity (Wildman–Crippen MR) is 148 cm³/mol. The highest BCUT2D eigenvalue weighted by Gasteiger charge is 2.31. The SMILES string of the molecule is CCCCOc1ccc(C2C(C#N)=C(N)Oc3cc(OC(=O)c4oc5c(C)c(C)ccc5c4C)ccc32)cc1. The molecule has 2 N–H and O–H groups in total. The average Bonchev–Trinajstić information content (AvgIpc) is 3.27. The highest BCUT2D eigenvalue weighted by atomic mass is 16.5. The summed E-state index contributed by atoms with van der Waals surface area (Å²) in [6.07, 6.45) is 2.04. The van der Waals surface area contributed by atoms with E-state index in [1.54, 1.807) is 18.2 Å². The van der Waals surface area contributed by atoms with E-state index in [2.05, 4.69) is 13.0 Å². The van der Waals surface area contributed by atoms with Crippen LogP contribution >= 0.6 is 0 Å². The second-order valence-electron chi connectivity index (χ2n) is 9.73. The summed E-state index contributed by atoms with van der Waals surface area (Å²) >= 11 is 0. The van der Waals surface area contributed by atoms with Crippen LogP contribution in [0.3, 0.4) is 0 Å². The number of carbonyl (C=O) groups is 1. The van der Waals surface area contributed by atoms with Crippen LogP contribution in [0.4, 0.5) is 0 Å². The van der Waals surface area contributed by atoms with Crippen LogP contribution in [-0.2, 0) is 0 Å². The first-order valence-electron chi connectivity index (χ1n) is 13.0. The highest BCUT2D eigenvalue weighted by Crippen LogP contribution is 2.44. The molecule has 2 heterocycles. The normalized spacial score (nSPS) is 14.5. The molecule has 0 fully saturated rings. The summed E-state index contributed by atoms with van der Waals surface area (Å²) in [6, 6.07) is 18.9. The van der Waals surface area contributed by atoms with Crippen LogP contribution in [0.2, 0.25) is 0 Å². The van der Waals surface area contributed by atoms with Crippen LogP contribution in [0.5, 0.6) is 17.2 Å². The van der Waals surface area contributed by atoms with Crippen molar-refractivity contribution < 1.29 is 23.4 Å². The lowest BCUT2D eigenvalue weighted by Gasteiger charge is -2.26. The molecular formula is C32H30N2O5. The maximum Gasteiger partial charge on any atom is 0.379 e. The van der Waals surface area contributed by atoms with Gasteiger partial charge in [0.05, 0.1) is 12.5 Å². The van der Waals surface area contributed by atoms with E-state index >= 15 is 0 Å². The number of benzene rings is 3. The fourth-order valence-electron chi connectivity index (χ4n) is 4.80. The van der Waals surface area contributed by atoms with Gasteiger partial charge in [-0.1, -0.05) is 43.7 Å². The van der Waals surface area contributed by atoms with Gasteiger partial charge in [-0.05, 0) is 62.1 Å². The zero-order valence-corrected chi connectivity index (χ0v) is 22.5. The number of nitrogens with zero attached hydrogens (tertiary/aromatic N) is 1. The van der Waals surface area contributed by atoms with Crippen LogP contribution in [0, 0.1) is 32.1 Å². The quantitative estimate of drug-likeness (QED) is 0.159. The van der Waals surface area contributed by atoms with Gasteiger partial charge in [0.25, 0.3) is 0 Å². The van der Waals surface area contributed by atoms with E-state index in [1.165, 1.54) is 0 Å². The van der Waals surface area contributed by atoms with Crippen LogP contribution < -0.4 is 19.9 Å². The van der Waals surface area contributed by atoms with Crippen molar-refractivity contribution in [3.05, 3.63) is 99.6 Å². The van der Waals surface area contributed by atoms with Gasteiger partial charge in [0, 0.05) is 22.6 Å². The minimum Gasteiger partial charge on any atom is -0.494 e. The number of carbonyl (C=O) groups excluding carboxylic acids is 1. The largest absolute Gasteiger partial charge is 0.494 e. The van der Waals surface area contributed by atoms with Crippen molar-refractivity contribution in [2.24, 2.45) is 5.73 Å². The van der Waals surface area contributed by atoms with Gasteiger partial charge in [0.15, 0.2) is 0 Å². The molecule has 198 valence electrons. The van der Waals surface area contributed by atoms with Crippen molar-refractivity contribution in [1.82, 2.24) is 0 Å². The Labute approximate surface area is 227 Å². The van der Waals surface area contributed by atoms with Gasteiger partial charge < -0.3 is 24.4 Å². The summed E-state index contributed by atoms with van der Waals surface area (Å²) in [5.74, 6) is 0.591. The smallest absolute Gasteiger partial charge is 0.379 e. The number of rotatable bonds is 7. The molecule has 1 unspecified atom stereocenters. The van der Waals surface area contributed by atoms with Crippen LogP contribution in [0.25, 0.3) is 11.0 Å². The number of allylic oxidation sites excluding steroid dienone is 1. The first-order valence-corrected chi connectivity index (χ1v) is 13.0. The first-order chi connectivity index (χ1) is 18.8. The molecule has 1 aliphatic heterocycles. The number of nitrogens with two attached hydrogens (primary N) is 1. The third-order valence-electron chi connectivity index (χ3n) is 7.19. The molecule has 0 aliphatic carbocycles. The van der Waals surface area contributed by atoms with Gasteiger partial charge in [-0.2, -0.15) is 5.26 Å². The maximum atomic E-state index is 13.1. The molecule has 4 aromatic rings. The van der Waals surface area contributed by atoms with Crippen molar-refractivity contribution in [2.45, 2.75) is 46.5 Å². The summed E-state index contributed by atoms with van der Waals surface area (Å²) in [4.78, 5) is 13.1. The number of furan rings is 1. The van der Waals surface area contributed by atoms with Crippen molar-refractivity contribution in [1.29, 1.82) is 5.26 Å². The summed E-state index contributed by atoms with van der Waals surface area (Å²) in [6.45, 7) is 8.57. The zero-order valence-electron chi connectivity index (χ0n) is 22.5. The van der Waals surface area contributed by atoms with E-state index in [4.69, 9.17) is 24.4 Å². The van der Waals surface area contributed by atoms with Crippen molar-refractivity contribution in [3.8, 4) is 23.3 Å². The van der Waals surface area contributed by atoms with Crippen LogP contribution in [0.1, 0.15) is 64.1 Å². The molecule has 7 nitrogen and oxygen atoms in total. The number of nitriles is 1. The fourth-order valence-corrected chi connectivity index (χ4v) is 4.80. The number of hydrogen-bond donors (Lipinski definition) is 1. The van der Waals surface area contributed by atoms with Gasteiger partial charge in [-0.25, -0.2) is 4.79 Å². The zero-order chi connectivity index (χ0) is 27.7. The Kier molecular flexibility index (Phi) is 7.03. The van der Waals surface area contributed by atoms with Crippen LogP contribution in [-0.4, -0.2) is 12.6 Å². The summed E-state index contributed by atoms with van der Waals surface area (Å²) in [5, 5.41) is 10.7. The average molecular weight is 523 g/mol. The lowest BCUT2D eigenvalue weighted by molar-refractivity contribution is 0.0702. The number of unbranched alkanes of at least 4 members (excludes halogenated alkanes) is 1. The van der Waals surface area contributed by atoms with Crippen LogP contribution in [0.15, 0.2) is 70.5 Å². The van der Waals surface area contributed by atoms with E-state index in [-0.39, 0.29) is 17.4 Å². The standard InChI is InChI=1S/C32H30N2O5/c1-5-6-15-36-22-10-8-21(9-11-22)28-25-14-12-23(16-27(25)38-31(34)26(28)17-33)37-32(35)30-20(4)24-13-7-18(2)19(3)29(24)39-30/h7-14,16,28H,5-6,15,34H2,1-4H3. The fraction of sp³-hybridized carbons (Fsp3) is 0.250. The number of hydrogen-bond acceptors (Lipinski definition) is 7. The second-order valence-corrected chi connectivity index (χ2v) is 9.73. The molecule has 0 saturated heterocycles. The van der Waals surface area contributed by atoms with Gasteiger partial charge in [-0.3, -0.25) is 0 Å². The lowest BCUT2D eigenvalue weighted by Crippen LogP contribution is -2.21. The third-order valence-corrected chi connectivity index (χ3v) is 7.19.